The normalized spacial score (nSPS) is 12.5. The lowest BCUT2D eigenvalue weighted by atomic mass is 10.0. The molecule has 0 unspecified atom stereocenters. The Balaban J connectivity index is 0.000000170. The molecule has 156 valence electrons. The largest absolute Gasteiger partial charge is 0.478 e. The third-order valence-corrected chi connectivity index (χ3v) is 4.40. The molecule has 1 aliphatic rings. The molecule has 1 aromatic heterocycles. The summed E-state index contributed by atoms with van der Waals surface area (Å²) in [4.78, 5) is 24.2. The average molecular weight is 408 g/mol. The van der Waals surface area contributed by atoms with Crippen molar-refractivity contribution in [3.05, 3.63) is 70.9 Å². The second-order valence-electron chi connectivity index (χ2n) is 6.47. The van der Waals surface area contributed by atoms with Gasteiger partial charge in [0.2, 0.25) is 0 Å². The Morgan fingerprint density at radius 1 is 0.900 bits per heavy atom. The molecule has 2 aromatic carbocycles. The number of carboxylic acids is 2. The third-order valence-electron chi connectivity index (χ3n) is 4.40. The molecule has 3 aromatic rings. The van der Waals surface area contributed by atoms with Crippen LogP contribution in [0.4, 0.5) is 0 Å². The number of aromatic carboxylic acids is 2. The van der Waals surface area contributed by atoms with Gasteiger partial charge in [-0.3, -0.25) is 0 Å². The number of carbonyl (C=O) groups is 2. The molecular formula is C22H24N4O4. The topological polar surface area (TPSA) is 138 Å². The maximum absolute atomic E-state index is 10.6. The smallest absolute Gasteiger partial charge is 0.335 e. The zero-order valence-corrected chi connectivity index (χ0v) is 16.6. The van der Waals surface area contributed by atoms with Gasteiger partial charge in [0.1, 0.15) is 11.8 Å². The fourth-order valence-electron chi connectivity index (χ4n) is 2.84. The van der Waals surface area contributed by atoms with Gasteiger partial charge >= 0.3 is 11.9 Å². The number of fused-ring (bicyclic) bond motifs is 1. The van der Waals surface area contributed by atoms with E-state index in [2.05, 4.69) is 21.7 Å². The van der Waals surface area contributed by atoms with E-state index in [0.29, 0.717) is 5.69 Å². The van der Waals surface area contributed by atoms with E-state index in [9.17, 15) is 9.59 Å². The lowest BCUT2D eigenvalue weighted by Gasteiger charge is -2.11. The van der Waals surface area contributed by atoms with E-state index in [4.69, 9.17) is 15.5 Å². The van der Waals surface area contributed by atoms with Gasteiger partial charge in [-0.15, -0.1) is 0 Å². The van der Waals surface area contributed by atoms with Crippen LogP contribution in [0.3, 0.4) is 0 Å². The van der Waals surface area contributed by atoms with Gasteiger partial charge in [-0.1, -0.05) is 24.3 Å². The number of carboxylic acid groups (broad SMARTS) is 2. The highest BCUT2D eigenvalue weighted by Gasteiger charge is 2.13. The van der Waals surface area contributed by atoms with Crippen LogP contribution in [0.15, 0.2) is 48.5 Å². The van der Waals surface area contributed by atoms with Crippen molar-refractivity contribution in [3.63, 3.8) is 0 Å². The third kappa shape index (κ3) is 6.44. The summed E-state index contributed by atoms with van der Waals surface area (Å²) in [7, 11) is 0. The Labute approximate surface area is 174 Å². The number of benzene rings is 2. The summed E-state index contributed by atoms with van der Waals surface area (Å²) in [5, 5.41) is 33.4. The summed E-state index contributed by atoms with van der Waals surface area (Å²) in [6, 6.07) is 15.9. The number of nitriles is 1. The van der Waals surface area contributed by atoms with Crippen molar-refractivity contribution in [1.82, 2.24) is 15.6 Å². The molecule has 0 radical (unpaired) electrons. The Morgan fingerprint density at radius 3 is 1.87 bits per heavy atom. The second kappa shape index (κ2) is 11.4. The predicted octanol–water partition coefficient (Wildman–Crippen LogP) is 2.61. The molecule has 2 heterocycles. The number of nitrogens with one attached hydrogen (secondary N) is 3. The Hall–Kier alpha value is -3.67. The van der Waals surface area contributed by atoms with E-state index in [1.807, 2.05) is 30.3 Å². The Morgan fingerprint density at radius 2 is 1.43 bits per heavy atom. The molecule has 0 saturated carbocycles. The fourth-order valence-corrected chi connectivity index (χ4v) is 2.84. The number of rotatable bonds is 2. The number of aromatic amines is 1. The highest BCUT2D eigenvalue weighted by Crippen LogP contribution is 2.14. The van der Waals surface area contributed by atoms with Gasteiger partial charge in [0, 0.05) is 37.1 Å². The number of H-pyrrole nitrogens is 1. The van der Waals surface area contributed by atoms with Gasteiger partial charge in [-0.25, -0.2) is 9.59 Å². The summed E-state index contributed by atoms with van der Waals surface area (Å²) in [5.74, 6) is -2.22. The average Bonchev–Trinajstić information content (AvgIpc) is 3.19. The van der Waals surface area contributed by atoms with Crippen molar-refractivity contribution in [2.45, 2.75) is 6.92 Å². The van der Waals surface area contributed by atoms with Crippen LogP contribution < -0.4 is 10.6 Å². The summed E-state index contributed by atoms with van der Waals surface area (Å²) >= 11 is 0. The van der Waals surface area contributed by atoms with E-state index in [1.165, 1.54) is 25.1 Å². The van der Waals surface area contributed by atoms with Crippen molar-refractivity contribution in [3.8, 4) is 6.07 Å². The van der Waals surface area contributed by atoms with Gasteiger partial charge in [-0.05, 0) is 36.8 Å². The van der Waals surface area contributed by atoms with Crippen LogP contribution in [-0.2, 0) is 0 Å². The predicted molar refractivity (Wildman–Crippen MR) is 114 cm³/mol. The monoisotopic (exact) mass is 408 g/mol. The first-order chi connectivity index (χ1) is 14.4. The fraction of sp³-hybridized carbons (Fsp3) is 0.227. The van der Waals surface area contributed by atoms with Crippen molar-refractivity contribution < 1.29 is 19.8 Å². The Bertz CT molecular complexity index is 972. The maximum atomic E-state index is 10.6. The lowest BCUT2D eigenvalue weighted by Crippen LogP contribution is -2.39. The molecule has 0 aliphatic carbocycles. The quantitative estimate of drug-likeness (QED) is 0.439. The minimum atomic E-state index is -1.11. The van der Waals surface area contributed by atoms with Crippen molar-refractivity contribution in [2.24, 2.45) is 0 Å². The van der Waals surface area contributed by atoms with Crippen LogP contribution in [0.5, 0.6) is 0 Å². The molecule has 8 heteroatoms. The molecular weight excluding hydrogens is 384 g/mol. The molecule has 4 rings (SSSR count). The minimum absolute atomic E-state index is 0.0277. The first-order valence-corrected chi connectivity index (χ1v) is 9.39. The zero-order chi connectivity index (χ0) is 21.9. The second-order valence-corrected chi connectivity index (χ2v) is 6.47. The molecule has 1 saturated heterocycles. The molecule has 0 bridgehead atoms. The van der Waals surface area contributed by atoms with E-state index in [-0.39, 0.29) is 16.7 Å². The molecule has 5 N–H and O–H groups in total. The van der Waals surface area contributed by atoms with E-state index in [1.54, 1.807) is 0 Å². The summed E-state index contributed by atoms with van der Waals surface area (Å²) in [6.07, 6.45) is 0. The van der Waals surface area contributed by atoms with E-state index in [0.717, 1.165) is 37.1 Å². The summed E-state index contributed by atoms with van der Waals surface area (Å²) in [6.45, 7) is 6.03. The summed E-state index contributed by atoms with van der Waals surface area (Å²) < 4.78 is 0. The van der Waals surface area contributed by atoms with Crippen molar-refractivity contribution in [2.75, 3.05) is 26.2 Å². The molecule has 0 spiro atoms. The van der Waals surface area contributed by atoms with Crippen LogP contribution in [-0.4, -0.2) is 53.3 Å². The first kappa shape index (κ1) is 22.6. The standard InChI is InChI=1S/C9H6N2.C9H8O4.C4H10N2/c10-6-8-5-7-3-1-2-4-9(7)11-8;1-5-6(8(10)11)3-2-4-7(5)9(12)13;1-2-6-4-3-5-1/h1-5,11H;2-4H,1H3,(H,10,11)(H,12,13);5-6H,1-4H2. The lowest BCUT2D eigenvalue weighted by molar-refractivity contribution is 0.0696. The van der Waals surface area contributed by atoms with Crippen molar-refractivity contribution >= 4 is 22.8 Å². The van der Waals surface area contributed by atoms with Crippen LogP contribution in [0.1, 0.15) is 32.0 Å². The molecule has 1 fully saturated rings. The van der Waals surface area contributed by atoms with Crippen LogP contribution >= 0.6 is 0 Å². The first-order valence-electron chi connectivity index (χ1n) is 9.39. The molecule has 1 aliphatic heterocycles. The highest BCUT2D eigenvalue weighted by molar-refractivity contribution is 5.96. The van der Waals surface area contributed by atoms with Gasteiger partial charge < -0.3 is 25.8 Å². The summed E-state index contributed by atoms with van der Waals surface area (Å²) in [5.41, 5.74) is 1.97. The van der Waals surface area contributed by atoms with Gasteiger partial charge in [0.05, 0.1) is 11.1 Å². The van der Waals surface area contributed by atoms with Crippen LogP contribution in [0.2, 0.25) is 0 Å². The number of hydrogen-bond donors (Lipinski definition) is 5. The number of para-hydroxylation sites is 1. The molecule has 0 atom stereocenters. The SMILES string of the molecule is C1CNCCN1.Cc1c(C(=O)O)cccc1C(=O)O.N#Cc1cc2ccccc2[nH]1. The van der Waals surface area contributed by atoms with Crippen molar-refractivity contribution in [1.29, 1.82) is 5.26 Å². The van der Waals surface area contributed by atoms with Crippen LogP contribution in [0, 0.1) is 18.3 Å². The number of hydrogen-bond acceptors (Lipinski definition) is 5. The number of aromatic nitrogens is 1. The Kier molecular flexibility index (Phi) is 8.56. The van der Waals surface area contributed by atoms with Gasteiger partial charge in [-0.2, -0.15) is 5.26 Å². The van der Waals surface area contributed by atoms with Gasteiger partial charge in [0.25, 0.3) is 0 Å². The molecule has 30 heavy (non-hydrogen) atoms. The minimum Gasteiger partial charge on any atom is -0.478 e. The highest BCUT2D eigenvalue weighted by atomic mass is 16.4. The zero-order valence-electron chi connectivity index (χ0n) is 16.6. The maximum Gasteiger partial charge on any atom is 0.335 e. The molecule has 0 amide bonds. The number of nitrogens with zero attached hydrogens (tertiary/aromatic N) is 1. The van der Waals surface area contributed by atoms with E-state index >= 15 is 0 Å². The number of piperazine rings is 1. The van der Waals surface area contributed by atoms with Crippen LogP contribution in [0.25, 0.3) is 10.9 Å². The molecule has 8 nitrogen and oxygen atoms in total. The van der Waals surface area contributed by atoms with E-state index < -0.39 is 11.9 Å². The van der Waals surface area contributed by atoms with Gasteiger partial charge in [0.15, 0.2) is 0 Å².